The minimum absolute atomic E-state index is 0.615. The van der Waals surface area contributed by atoms with Gasteiger partial charge < -0.3 is 18.9 Å². The third-order valence-electron chi connectivity index (χ3n) is 2.18. The standard InChI is InChI=1S/C10H12Cl4O6/c1-3(15)17-5(7(11)12)10-19-6(8(13)14)9(20-10)18-4(2)16/h5-10H,1-2H3/t5-,6+,9-,10+/m1/s1. The van der Waals surface area contributed by atoms with Crippen molar-refractivity contribution in [3.8, 4) is 0 Å². The van der Waals surface area contributed by atoms with E-state index in [1.807, 2.05) is 0 Å². The number of rotatable bonds is 5. The zero-order valence-electron chi connectivity index (χ0n) is 10.4. The van der Waals surface area contributed by atoms with Gasteiger partial charge in [0.25, 0.3) is 0 Å². The molecule has 116 valence electrons. The third-order valence-corrected chi connectivity index (χ3v) is 3.17. The van der Waals surface area contributed by atoms with E-state index in [4.69, 9.17) is 65.4 Å². The highest BCUT2D eigenvalue weighted by Gasteiger charge is 2.47. The third kappa shape index (κ3) is 5.09. The molecule has 1 rings (SSSR count). The summed E-state index contributed by atoms with van der Waals surface area (Å²) in [4.78, 5) is 19.8. The molecule has 0 unspecified atom stereocenters. The van der Waals surface area contributed by atoms with Crippen LogP contribution in [0.15, 0.2) is 0 Å². The highest BCUT2D eigenvalue weighted by Crippen LogP contribution is 2.32. The van der Waals surface area contributed by atoms with E-state index in [2.05, 4.69) is 0 Å². The van der Waals surface area contributed by atoms with E-state index in [-0.39, 0.29) is 0 Å². The fourth-order valence-corrected chi connectivity index (χ4v) is 2.17. The number of ether oxygens (including phenoxy) is 4. The fraction of sp³-hybridized carbons (Fsp3) is 0.800. The Balaban J connectivity index is 2.81. The first-order valence-electron chi connectivity index (χ1n) is 5.44. The minimum Gasteiger partial charge on any atom is -0.454 e. The molecular weight excluding hydrogens is 358 g/mol. The molecule has 0 aromatic rings. The molecule has 0 aliphatic carbocycles. The summed E-state index contributed by atoms with van der Waals surface area (Å²) in [6.45, 7) is 2.35. The molecule has 20 heavy (non-hydrogen) atoms. The molecule has 1 heterocycles. The molecule has 10 heteroatoms. The molecule has 0 amide bonds. The number of hydrogen-bond acceptors (Lipinski definition) is 6. The topological polar surface area (TPSA) is 71.1 Å². The van der Waals surface area contributed by atoms with Gasteiger partial charge in [-0.15, -0.1) is 46.4 Å². The average Bonchev–Trinajstić information content (AvgIpc) is 2.68. The first-order valence-corrected chi connectivity index (χ1v) is 7.18. The summed E-state index contributed by atoms with van der Waals surface area (Å²) >= 11 is 22.8. The molecule has 0 saturated carbocycles. The average molecular weight is 370 g/mol. The van der Waals surface area contributed by atoms with E-state index in [1.165, 1.54) is 13.8 Å². The molecule has 1 saturated heterocycles. The van der Waals surface area contributed by atoms with Crippen LogP contribution in [0.25, 0.3) is 0 Å². The van der Waals surface area contributed by atoms with Crippen molar-refractivity contribution in [2.45, 2.75) is 48.3 Å². The fourth-order valence-electron chi connectivity index (χ4n) is 1.47. The largest absolute Gasteiger partial charge is 0.454 e. The second-order valence-electron chi connectivity index (χ2n) is 3.83. The van der Waals surface area contributed by atoms with Gasteiger partial charge in [0.1, 0.15) is 9.67 Å². The highest BCUT2D eigenvalue weighted by molar-refractivity contribution is 6.45. The van der Waals surface area contributed by atoms with Gasteiger partial charge in [-0.05, 0) is 0 Å². The van der Waals surface area contributed by atoms with Crippen molar-refractivity contribution in [3.63, 3.8) is 0 Å². The van der Waals surface area contributed by atoms with Gasteiger partial charge in [0.2, 0.25) is 12.6 Å². The molecule has 4 atom stereocenters. The van der Waals surface area contributed by atoms with Crippen molar-refractivity contribution < 1.29 is 28.5 Å². The number of carbonyl (C=O) groups excluding carboxylic acids is 2. The lowest BCUT2D eigenvalue weighted by molar-refractivity contribution is -0.196. The molecule has 0 radical (unpaired) electrons. The van der Waals surface area contributed by atoms with E-state index < -0.39 is 46.4 Å². The predicted molar refractivity (Wildman–Crippen MR) is 71.8 cm³/mol. The lowest BCUT2D eigenvalue weighted by Crippen LogP contribution is -2.37. The molecule has 6 nitrogen and oxygen atoms in total. The molecule has 0 spiro atoms. The van der Waals surface area contributed by atoms with Gasteiger partial charge >= 0.3 is 11.9 Å². The van der Waals surface area contributed by atoms with Crippen molar-refractivity contribution in [3.05, 3.63) is 0 Å². The van der Waals surface area contributed by atoms with Crippen LogP contribution >= 0.6 is 46.4 Å². The van der Waals surface area contributed by atoms with Gasteiger partial charge in [0.15, 0.2) is 12.2 Å². The maximum Gasteiger partial charge on any atom is 0.305 e. The zero-order chi connectivity index (χ0) is 15.4. The smallest absolute Gasteiger partial charge is 0.305 e. The summed E-state index contributed by atoms with van der Waals surface area (Å²) < 4.78 is 20.4. The molecule has 1 fully saturated rings. The molecule has 0 N–H and O–H groups in total. The SMILES string of the molecule is CC(=O)O[C@@H]1O[C@@H]([C@H](OC(C)=O)C(Cl)Cl)O[C@H]1C(Cl)Cl. The lowest BCUT2D eigenvalue weighted by atomic mass is 10.4. The van der Waals surface area contributed by atoms with Crippen LogP contribution in [-0.2, 0) is 28.5 Å². The van der Waals surface area contributed by atoms with Crippen molar-refractivity contribution in [2.24, 2.45) is 0 Å². The summed E-state index contributed by atoms with van der Waals surface area (Å²) in [5.41, 5.74) is 0. The van der Waals surface area contributed by atoms with Crippen molar-refractivity contribution in [1.82, 2.24) is 0 Å². The van der Waals surface area contributed by atoms with Crippen LogP contribution in [0, 0.1) is 0 Å². The Morgan fingerprint density at radius 1 is 1.05 bits per heavy atom. The Labute approximate surface area is 135 Å². The second-order valence-corrected chi connectivity index (χ2v) is 6.15. The summed E-state index contributed by atoms with van der Waals surface area (Å²) in [5.74, 6) is -1.25. The summed E-state index contributed by atoms with van der Waals surface area (Å²) in [6, 6.07) is 0. The van der Waals surface area contributed by atoms with Crippen molar-refractivity contribution >= 4 is 58.3 Å². The van der Waals surface area contributed by atoms with Crippen LogP contribution in [0.4, 0.5) is 0 Å². The Kier molecular flexibility index (Phi) is 7.11. The first-order chi connectivity index (χ1) is 9.22. The van der Waals surface area contributed by atoms with Gasteiger partial charge in [-0.2, -0.15) is 0 Å². The lowest BCUT2D eigenvalue weighted by Gasteiger charge is -2.22. The maximum absolute atomic E-state index is 11.0. The first kappa shape index (κ1) is 18.1. The Morgan fingerprint density at radius 3 is 2.05 bits per heavy atom. The number of hydrogen-bond donors (Lipinski definition) is 0. The monoisotopic (exact) mass is 368 g/mol. The van der Waals surface area contributed by atoms with Crippen LogP contribution in [-0.4, -0.2) is 46.4 Å². The van der Waals surface area contributed by atoms with E-state index in [9.17, 15) is 9.59 Å². The molecule has 0 bridgehead atoms. The summed E-state index contributed by atoms with van der Waals surface area (Å²) in [5, 5.41) is 0. The van der Waals surface area contributed by atoms with Crippen LogP contribution in [0.2, 0.25) is 0 Å². The Morgan fingerprint density at radius 2 is 1.65 bits per heavy atom. The summed E-state index contributed by atoms with van der Waals surface area (Å²) in [7, 11) is 0. The van der Waals surface area contributed by atoms with Gasteiger partial charge in [-0.3, -0.25) is 9.59 Å². The number of esters is 2. The van der Waals surface area contributed by atoms with E-state index in [1.54, 1.807) is 0 Å². The highest BCUT2D eigenvalue weighted by atomic mass is 35.5. The van der Waals surface area contributed by atoms with Crippen LogP contribution in [0.5, 0.6) is 0 Å². The summed E-state index contributed by atoms with van der Waals surface area (Å²) in [6.07, 6.45) is -4.39. The van der Waals surface area contributed by atoms with Crippen LogP contribution in [0.3, 0.4) is 0 Å². The Hall–Kier alpha value is 0.0200. The second kappa shape index (κ2) is 7.87. The minimum atomic E-state index is -1.16. The van der Waals surface area contributed by atoms with E-state index >= 15 is 0 Å². The molecule has 1 aliphatic heterocycles. The van der Waals surface area contributed by atoms with Gasteiger partial charge in [-0.25, -0.2) is 0 Å². The predicted octanol–water partition coefficient (Wildman–Crippen LogP) is 2.16. The Bertz CT molecular complexity index is 364. The van der Waals surface area contributed by atoms with Crippen LogP contribution < -0.4 is 0 Å². The van der Waals surface area contributed by atoms with E-state index in [0.29, 0.717) is 0 Å². The maximum atomic E-state index is 11.0. The van der Waals surface area contributed by atoms with Gasteiger partial charge in [-0.1, -0.05) is 0 Å². The number of halogens is 4. The quantitative estimate of drug-likeness (QED) is 0.546. The van der Waals surface area contributed by atoms with Crippen molar-refractivity contribution in [2.75, 3.05) is 0 Å². The number of alkyl halides is 4. The van der Waals surface area contributed by atoms with Gasteiger partial charge in [0, 0.05) is 13.8 Å². The normalized spacial score (nSPS) is 27.7. The van der Waals surface area contributed by atoms with Gasteiger partial charge in [0.05, 0.1) is 0 Å². The van der Waals surface area contributed by atoms with E-state index in [0.717, 1.165) is 0 Å². The van der Waals surface area contributed by atoms with Crippen molar-refractivity contribution in [1.29, 1.82) is 0 Å². The molecule has 0 aromatic carbocycles. The number of carbonyl (C=O) groups is 2. The van der Waals surface area contributed by atoms with Crippen LogP contribution in [0.1, 0.15) is 13.8 Å². The molecular formula is C10H12Cl4O6. The molecule has 0 aromatic heterocycles. The molecule has 1 aliphatic rings. The zero-order valence-corrected chi connectivity index (χ0v) is 13.4.